The molecular formula is C16H13NO. The van der Waals surface area contributed by atoms with E-state index in [1.807, 2.05) is 61.5 Å². The molecule has 0 radical (unpaired) electrons. The molecule has 2 rings (SSSR count). The van der Waals surface area contributed by atoms with Gasteiger partial charge in [0.1, 0.15) is 5.75 Å². The molecule has 0 aliphatic carbocycles. The molecule has 88 valence electrons. The van der Waals surface area contributed by atoms with Crippen LogP contribution in [0.1, 0.15) is 12.5 Å². The molecule has 0 amide bonds. The minimum atomic E-state index is 0.673. The third kappa shape index (κ3) is 2.78. The minimum Gasteiger partial charge on any atom is -0.465 e. The lowest BCUT2D eigenvalue weighted by Crippen LogP contribution is -1.82. The van der Waals surface area contributed by atoms with Crippen molar-refractivity contribution >= 4 is 0 Å². The summed E-state index contributed by atoms with van der Waals surface area (Å²) in [5, 5.41) is 8.74. The van der Waals surface area contributed by atoms with E-state index in [0.29, 0.717) is 5.56 Å². The van der Waals surface area contributed by atoms with Crippen molar-refractivity contribution in [2.24, 2.45) is 0 Å². The van der Waals surface area contributed by atoms with Crippen LogP contribution in [0.5, 0.6) is 5.75 Å². The molecule has 0 bridgehead atoms. The van der Waals surface area contributed by atoms with Crippen molar-refractivity contribution < 1.29 is 4.74 Å². The van der Waals surface area contributed by atoms with E-state index in [4.69, 9.17) is 10.00 Å². The molecule has 0 aliphatic heterocycles. The lowest BCUT2D eigenvalue weighted by Gasteiger charge is -2.04. The van der Waals surface area contributed by atoms with E-state index < -0.39 is 0 Å². The van der Waals surface area contributed by atoms with Gasteiger partial charge in [-0.05, 0) is 42.3 Å². The number of ether oxygens (including phenoxy) is 1. The minimum absolute atomic E-state index is 0.673. The van der Waals surface area contributed by atoms with Gasteiger partial charge in [0.2, 0.25) is 0 Å². The molecule has 0 saturated carbocycles. The second kappa shape index (κ2) is 5.70. The number of rotatable bonds is 3. The summed E-state index contributed by atoms with van der Waals surface area (Å²) < 4.78 is 5.36. The van der Waals surface area contributed by atoms with E-state index in [2.05, 4.69) is 6.07 Å². The van der Waals surface area contributed by atoms with E-state index in [9.17, 15) is 0 Å². The zero-order chi connectivity index (χ0) is 12.8. The molecule has 0 heterocycles. The van der Waals surface area contributed by atoms with Crippen molar-refractivity contribution in [3.05, 3.63) is 66.4 Å². The van der Waals surface area contributed by atoms with Gasteiger partial charge in [0.05, 0.1) is 17.9 Å². The van der Waals surface area contributed by atoms with E-state index in [0.717, 1.165) is 16.9 Å². The summed E-state index contributed by atoms with van der Waals surface area (Å²) in [7, 11) is 0. The lowest BCUT2D eigenvalue weighted by molar-refractivity contribution is 0.480. The average Bonchev–Trinajstić information content (AvgIpc) is 2.46. The maximum Gasteiger partial charge on any atom is 0.126 e. The Bertz CT molecular complexity index is 574. The SMILES string of the molecule is CC=COc1ccc(-c2ccc(C#N)cc2)cc1. The fourth-order valence-corrected chi connectivity index (χ4v) is 1.61. The highest BCUT2D eigenvalue weighted by molar-refractivity contribution is 5.64. The van der Waals surface area contributed by atoms with Crippen molar-refractivity contribution in [1.29, 1.82) is 5.26 Å². The summed E-state index contributed by atoms with van der Waals surface area (Å²) in [6.07, 6.45) is 3.49. The van der Waals surface area contributed by atoms with Gasteiger partial charge < -0.3 is 4.74 Å². The van der Waals surface area contributed by atoms with Crippen molar-refractivity contribution in [2.45, 2.75) is 6.92 Å². The normalized spacial score (nSPS) is 10.2. The molecule has 0 aliphatic rings. The maximum atomic E-state index is 8.74. The Kier molecular flexibility index (Phi) is 3.78. The Morgan fingerprint density at radius 3 is 2.00 bits per heavy atom. The number of allylic oxidation sites excluding steroid dienone is 1. The quantitative estimate of drug-likeness (QED) is 0.749. The summed E-state index contributed by atoms with van der Waals surface area (Å²) in [5.74, 6) is 0.811. The van der Waals surface area contributed by atoms with Gasteiger partial charge in [-0.15, -0.1) is 0 Å². The van der Waals surface area contributed by atoms with Gasteiger partial charge in [-0.1, -0.05) is 30.3 Å². The van der Waals surface area contributed by atoms with Crippen molar-refractivity contribution in [2.75, 3.05) is 0 Å². The number of hydrogen-bond donors (Lipinski definition) is 0. The predicted octanol–water partition coefficient (Wildman–Crippen LogP) is 4.14. The van der Waals surface area contributed by atoms with Crippen LogP contribution in [0.25, 0.3) is 11.1 Å². The maximum absolute atomic E-state index is 8.74. The summed E-state index contributed by atoms with van der Waals surface area (Å²) in [5.41, 5.74) is 2.87. The van der Waals surface area contributed by atoms with Crippen LogP contribution in [-0.4, -0.2) is 0 Å². The predicted molar refractivity (Wildman–Crippen MR) is 72.0 cm³/mol. The van der Waals surface area contributed by atoms with Crippen LogP contribution >= 0.6 is 0 Å². The van der Waals surface area contributed by atoms with Gasteiger partial charge >= 0.3 is 0 Å². The molecule has 0 unspecified atom stereocenters. The van der Waals surface area contributed by atoms with Crippen LogP contribution in [0.3, 0.4) is 0 Å². The lowest BCUT2D eigenvalue weighted by atomic mass is 10.0. The van der Waals surface area contributed by atoms with Gasteiger partial charge in [0.25, 0.3) is 0 Å². The van der Waals surface area contributed by atoms with Crippen LogP contribution in [0.15, 0.2) is 60.9 Å². The Morgan fingerprint density at radius 1 is 0.944 bits per heavy atom. The molecule has 0 saturated heterocycles. The smallest absolute Gasteiger partial charge is 0.126 e. The van der Waals surface area contributed by atoms with E-state index in [-0.39, 0.29) is 0 Å². The number of hydrogen-bond acceptors (Lipinski definition) is 2. The zero-order valence-corrected chi connectivity index (χ0v) is 10.1. The number of nitriles is 1. The van der Waals surface area contributed by atoms with Crippen LogP contribution in [0.4, 0.5) is 0 Å². The van der Waals surface area contributed by atoms with Crippen molar-refractivity contribution in [3.8, 4) is 22.9 Å². The van der Waals surface area contributed by atoms with Crippen LogP contribution in [-0.2, 0) is 0 Å². The van der Waals surface area contributed by atoms with E-state index >= 15 is 0 Å². The fourth-order valence-electron chi connectivity index (χ4n) is 1.61. The Hall–Kier alpha value is -2.53. The zero-order valence-electron chi connectivity index (χ0n) is 10.1. The molecule has 0 fully saturated rings. The largest absolute Gasteiger partial charge is 0.465 e. The molecule has 0 spiro atoms. The molecule has 0 atom stereocenters. The summed E-state index contributed by atoms with van der Waals surface area (Å²) in [6.45, 7) is 1.91. The molecule has 2 aromatic rings. The van der Waals surface area contributed by atoms with Gasteiger partial charge in [0.15, 0.2) is 0 Å². The van der Waals surface area contributed by atoms with E-state index in [1.165, 1.54) is 0 Å². The van der Waals surface area contributed by atoms with Gasteiger partial charge in [-0.25, -0.2) is 0 Å². The Morgan fingerprint density at radius 2 is 1.50 bits per heavy atom. The third-order valence-electron chi connectivity index (χ3n) is 2.54. The highest BCUT2D eigenvalue weighted by atomic mass is 16.5. The monoisotopic (exact) mass is 235 g/mol. The second-order valence-electron chi connectivity index (χ2n) is 3.80. The first-order chi connectivity index (χ1) is 8.83. The standard InChI is InChI=1S/C16H13NO/c1-2-11-18-16-9-7-15(8-10-16)14-5-3-13(12-17)4-6-14/h2-11H,1H3. The molecular weight excluding hydrogens is 222 g/mol. The van der Waals surface area contributed by atoms with Crippen LogP contribution < -0.4 is 4.74 Å². The first kappa shape index (κ1) is 11.9. The molecule has 2 aromatic carbocycles. The highest BCUT2D eigenvalue weighted by Crippen LogP contribution is 2.22. The number of nitrogens with zero attached hydrogens (tertiary/aromatic N) is 1. The Labute approximate surface area is 107 Å². The molecule has 0 aromatic heterocycles. The first-order valence-electron chi connectivity index (χ1n) is 5.72. The number of benzene rings is 2. The van der Waals surface area contributed by atoms with Gasteiger partial charge in [-0.2, -0.15) is 5.26 Å². The average molecular weight is 235 g/mol. The molecule has 0 N–H and O–H groups in total. The Balaban J connectivity index is 2.20. The van der Waals surface area contributed by atoms with Crippen molar-refractivity contribution in [1.82, 2.24) is 0 Å². The molecule has 18 heavy (non-hydrogen) atoms. The third-order valence-corrected chi connectivity index (χ3v) is 2.54. The summed E-state index contributed by atoms with van der Waals surface area (Å²) in [6, 6.07) is 17.5. The summed E-state index contributed by atoms with van der Waals surface area (Å²) in [4.78, 5) is 0. The van der Waals surface area contributed by atoms with Gasteiger partial charge in [-0.3, -0.25) is 0 Å². The van der Waals surface area contributed by atoms with Gasteiger partial charge in [0, 0.05) is 0 Å². The first-order valence-corrected chi connectivity index (χ1v) is 5.72. The van der Waals surface area contributed by atoms with Crippen LogP contribution in [0.2, 0.25) is 0 Å². The summed E-state index contributed by atoms with van der Waals surface area (Å²) >= 11 is 0. The molecule has 2 heteroatoms. The van der Waals surface area contributed by atoms with E-state index in [1.54, 1.807) is 6.26 Å². The topological polar surface area (TPSA) is 33.0 Å². The second-order valence-corrected chi connectivity index (χ2v) is 3.80. The highest BCUT2D eigenvalue weighted by Gasteiger charge is 1.98. The van der Waals surface area contributed by atoms with Crippen LogP contribution in [0, 0.1) is 11.3 Å². The van der Waals surface area contributed by atoms with Crippen molar-refractivity contribution in [3.63, 3.8) is 0 Å². The molecule has 2 nitrogen and oxygen atoms in total. The fraction of sp³-hybridized carbons (Fsp3) is 0.0625.